The maximum Gasteiger partial charge on any atom is 0.312 e. The van der Waals surface area contributed by atoms with Gasteiger partial charge in [-0.25, -0.2) is 0 Å². The fraction of sp³-hybridized carbons (Fsp3) is 0.885. The zero-order valence-corrected chi connectivity index (χ0v) is 22.1. The summed E-state index contributed by atoms with van der Waals surface area (Å²) in [6.45, 7) is 16.0. The molecule has 3 aliphatic heterocycles. The Morgan fingerprint density at radius 3 is 2.44 bits per heavy atom. The Kier molecular flexibility index (Phi) is 7.46. The molecule has 8 heteroatoms. The molecule has 3 fully saturated rings. The molecule has 0 aliphatic carbocycles. The van der Waals surface area contributed by atoms with E-state index in [-0.39, 0.29) is 36.4 Å². The van der Waals surface area contributed by atoms with E-state index >= 15 is 0 Å². The number of carbonyl (C=O) groups is 3. The van der Waals surface area contributed by atoms with E-state index in [1.807, 2.05) is 27.7 Å². The lowest BCUT2D eigenvalue weighted by molar-refractivity contribution is -0.156. The van der Waals surface area contributed by atoms with Crippen molar-refractivity contribution in [3.8, 4) is 0 Å². The van der Waals surface area contributed by atoms with Gasteiger partial charge < -0.3 is 24.8 Å². The zero-order valence-electron chi connectivity index (χ0n) is 22.1. The molecule has 34 heavy (non-hydrogen) atoms. The van der Waals surface area contributed by atoms with Crippen LogP contribution in [0.4, 0.5) is 0 Å². The third-order valence-electron chi connectivity index (χ3n) is 7.82. The molecule has 0 aromatic rings. The van der Waals surface area contributed by atoms with Crippen LogP contribution in [0.2, 0.25) is 0 Å². The van der Waals surface area contributed by atoms with Gasteiger partial charge in [0.05, 0.1) is 37.2 Å². The first kappa shape index (κ1) is 26.9. The summed E-state index contributed by atoms with van der Waals surface area (Å²) in [5.74, 6) is -2.53. The number of fused-ring (bicyclic) bond motifs is 1. The van der Waals surface area contributed by atoms with Crippen molar-refractivity contribution in [2.75, 3.05) is 13.2 Å². The average molecular weight is 481 g/mol. The van der Waals surface area contributed by atoms with Crippen LogP contribution in [0.1, 0.15) is 81.1 Å². The van der Waals surface area contributed by atoms with E-state index in [1.165, 1.54) is 0 Å². The van der Waals surface area contributed by atoms with Gasteiger partial charge in [-0.3, -0.25) is 14.4 Å². The van der Waals surface area contributed by atoms with E-state index in [0.717, 1.165) is 12.8 Å². The van der Waals surface area contributed by atoms with Crippen molar-refractivity contribution < 1.29 is 29.0 Å². The Morgan fingerprint density at radius 2 is 1.91 bits per heavy atom. The van der Waals surface area contributed by atoms with E-state index in [9.17, 15) is 19.5 Å². The Hall–Kier alpha value is -1.67. The minimum Gasteiger partial charge on any atom is -0.466 e. The maximum absolute atomic E-state index is 14.0. The Morgan fingerprint density at radius 1 is 1.26 bits per heavy atom. The molecular weight excluding hydrogens is 436 g/mol. The van der Waals surface area contributed by atoms with Crippen molar-refractivity contribution in [1.82, 2.24) is 10.2 Å². The van der Waals surface area contributed by atoms with Crippen LogP contribution in [0.3, 0.4) is 0 Å². The highest BCUT2D eigenvalue weighted by Gasteiger charge is 2.75. The predicted molar refractivity (Wildman–Crippen MR) is 128 cm³/mol. The highest BCUT2D eigenvalue weighted by molar-refractivity contribution is 5.98. The highest BCUT2D eigenvalue weighted by Crippen LogP contribution is 2.59. The number of rotatable bonds is 9. The molecule has 1 spiro atoms. The van der Waals surface area contributed by atoms with Gasteiger partial charge in [-0.1, -0.05) is 41.0 Å². The number of esters is 1. The molecule has 2 amide bonds. The molecule has 7 atom stereocenters. The first-order chi connectivity index (χ1) is 15.7. The number of aliphatic hydroxyl groups is 1. The van der Waals surface area contributed by atoms with Gasteiger partial charge in [-0.2, -0.15) is 0 Å². The van der Waals surface area contributed by atoms with Crippen molar-refractivity contribution in [2.45, 2.75) is 110 Å². The van der Waals surface area contributed by atoms with Gasteiger partial charge in [0.25, 0.3) is 0 Å². The van der Waals surface area contributed by atoms with E-state index < -0.39 is 47.1 Å². The Balaban J connectivity index is 2.04. The smallest absolute Gasteiger partial charge is 0.312 e. The second-order valence-electron chi connectivity index (χ2n) is 12.3. The third-order valence-corrected chi connectivity index (χ3v) is 7.82. The number of hydrogen-bond acceptors (Lipinski definition) is 6. The SMILES string of the molecule is CCOC(=O)[C@@H]1[C@H]2C(=O)N([C@@H](CO)[C@@H](C)CC)[C@H](C(=O)NC(C)(C)CC(C)(C)C)[C@]23CC[C@H]1O3. The minimum atomic E-state index is -1.08. The lowest BCUT2D eigenvalue weighted by Gasteiger charge is -2.41. The summed E-state index contributed by atoms with van der Waals surface area (Å²) in [6, 6.07) is -1.44. The van der Waals surface area contributed by atoms with Crippen LogP contribution in [0.15, 0.2) is 0 Å². The van der Waals surface area contributed by atoms with Crippen molar-refractivity contribution in [2.24, 2.45) is 23.2 Å². The molecule has 0 saturated carbocycles. The molecule has 0 unspecified atom stereocenters. The zero-order chi connectivity index (χ0) is 25.6. The first-order valence-corrected chi connectivity index (χ1v) is 12.8. The number of amides is 2. The second-order valence-corrected chi connectivity index (χ2v) is 12.3. The number of nitrogens with zero attached hydrogens (tertiary/aromatic N) is 1. The van der Waals surface area contributed by atoms with Crippen LogP contribution < -0.4 is 5.32 Å². The second kappa shape index (κ2) is 9.41. The molecule has 0 aromatic carbocycles. The summed E-state index contributed by atoms with van der Waals surface area (Å²) >= 11 is 0. The Labute approximate surface area is 204 Å². The quantitative estimate of drug-likeness (QED) is 0.492. The fourth-order valence-corrected chi connectivity index (χ4v) is 6.84. The van der Waals surface area contributed by atoms with Crippen LogP contribution in [0, 0.1) is 23.2 Å². The molecule has 0 aromatic heterocycles. The van der Waals surface area contributed by atoms with E-state index in [2.05, 4.69) is 26.1 Å². The molecule has 3 aliphatic rings. The van der Waals surface area contributed by atoms with E-state index in [0.29, 0.717) is 12.8 Å². The van der Waals surface area contributed by atoms with E-state index in [4.69, 9.17) is 9.47 Å². The number of aliphatic hydroxyl groups excluding tert-OH is 1. The van der Waals surface area contributed by atoms with Gasteiger partial charge in [0.1, 0.15) is 11.6 Å². The highest BCUT2D eigenvalue weighted by atomic mass is 16.6. The molecular formula is C26H44N2O6. The number of likely N-dealkylation sites (tertiary alicyclic amines) is 1. The van der Waals surface area contributed by atoms with Crippen molar-refractivity contribution in [3.63, 3.8) is 0 Å². The molecule has 2 N–H and O–H groups in total. The molecule has 3 rings (SSSR count). The van der Waals surface area contributed by atoms with Crippen LogP contribution in [-0.2, 0) is 23.9 Å². The summed E-state index contributed by atoms with van der Waals surface area (Å²) in [7, 11) is 0. The Bertz CT molecular complexity index is 806. The summed E-state index contributed by atoms with van der Waals surface area (Å²) in [5, 5.41) is 13.5. The monoisotopic (exact) mass is 480 g/mol. The summed E-state index contributed by atoms with van der Waals surface area (Å²) in [5.41, 5.74) is -1.60. The normalized spacial score (nSPS) is 32.5. The topological polar surface area (TPSA) is 105 Å². The summed E-state index contributed by atoms with van der Waals surface area (Å²) in [4.78, 5) is 42.4. The lowest BCUT2D eigenvalue weighted by Crippen LogP contribution is -2.62. The number of carbonyl (C=O) groups excluding carboxylic acids is 3. The van der Waals surface area contributed by atoms with Crippen LogP contribution in [0.5, 0.6) is 0 Å². The van der Waals surface area contributed by atoms with Gasteiger partial charge in [-0.15, -0.1) is 0 Å². The maximum atomic E-state index is 14.0. The van der Waals surface area contributed by atoms with Crippen molar-refractivity contribution in [3.05, 3.63) is 0 Å². The van der Waals surface area contributed by atoms with Crippen LogP contribution in [0.25, 0.3) is 0 Å². The number of nitrogens with one attached hydrogen (secondary N) is 1. The van der Waals surface area contributed by atoms with Crippen LogP contribution in [-0.4, -0.2) is 70.3 Å². The molecule has 3 saturated heterocycles. The van der Waals surface area contributed by atoms with Gasteiger partial charge in [0, 0.05) is 5.54 Å². The van der Waals surface area contributed by atoms with E-state index in [1.54, 1.807) is 11.8 Å². The van der Waals surface area contributed by atoms with Gasteiger partial charge >= 0.3 is 5.97 Å². The molecule has 0 radical (unpaired) electrons. The molecule has 2 bridgehead atoms. The number of ether oxygens (including phenoxy) is 2. The lowest BCUT2D eigenvalue weighted by atomic mass is 9.70. The summed E-state index contributed by atoms with van der Waals surface area (Å²) in [6.07, 6.45) is 2.18. The largest absolute Gasteiger partial charge is 0.466 e. The van der Waals surface area contributed by atoms with Crippen molar-refractivity contribution >= 4 is 17.8 Å². The predicted octanol–water partition coefficient (Wildman–Crippen LogP) is 2.66. The molecule has 3 heterocycles. The van der Waals surface area contributed by atoms with Gasteiger partial charge in [0.2, 0.25) is 11.8 Å². The van der Waals surface area contributed by atoms with Crippen molar-refractivity contribution in [1.29, 1.82) is 0 Å². The average Bonchev–Trinajstić information content (AvgIpc) is 3.34. The van der Waals surface area contributed by atoms with Gasteiger partial charge in [0.15, 0.2) is 0 Å². The molecule has 194 valence electrons. The number of hydrogen-bond donors (Lipinski definition) is 2. The van der Waals surface area contributed by atoms with Gasteiger partial charge in [-0.05, 0) is 51.4 Å². The van der Waals surface area contributed by atoms with Crippen LogP contribution >= 0.6 is 0 Å². The molecule has 8 nitrogen and oxygen atoms in total. The fourth-order valence-electron chi connectivity index (χ4n) is 6.84. The minimum absolute atomic E-state index is 0.00946. The summed E-state index contributed by atoms with van der Waals surface area (Å²) < 4.78 is 11.7. The standard InChI is InChI=1S/C26H44N2O6/c1-9-15(3)16(13-29)28-20(21(30)27-25(7,8)14-24(4,5)6)26-12-11-17(34-26)18(19(26)22(28)31)23(32)33-10-2/h15-20,29H,9-14H2,1-8H3,(H,27,30)/t15-,16-,17+,18-,19-,20+,26-/m0/s1. The third kappa shape index (κ3) is 4.60. The first-order valence-electron chi connectivity index (χ1n) is 12.8.